The summed E-state index contributed by atoms with van der Waals surface area (Å²) >= 11 is 7.01. The van der Waals surface area contributed by atoms with Crippen LogP contribution in [0.2, 0.25) is 0 Å². The topological polar surface area (TPSA) is 122 Å². The smallest absolute Gasteiger partial charge is 0.326 e. The molecule has 166 valence electrons. The van der Waals surface area contributed by atoms with Crippen LogP contribution in [0.15, 0.2) is 24.3 Å². The molecule has 0 radical (unpaired) electrons. The number of nitrogens with zero attached hydrogens (tertiary/aromatic N) is 1. The molecule has 4 atom stereocenters. The maximum atomic E-state index is 12.6. The molecule has 11 heteroatoms. The van der Waals surface area contributed by atoms with E-state index >= 15 is 0 Å². The van der Waals surface area contributed by atoms with Crippen LogP contribution in [0.4, 0.5) is 11.4 Å². The summed E-state index contributed by atoms with van der Waals surface area (Å²) < 4.78 is 4.93. The van der Waals surface area contributed by atoms with Gasteiger partial charge in [-0.2, -0.15) is 0 Å². The molecule has 1 aliphatic heterocycles. The maximum Gasteiger partial charge on any atom is 0.326 e. The molecule has 31 heavy (non-hydrogen) atoms. The number of carbonyl (C=O) groups is 5. The number of rotatable bonds is 6. The predicted molar refractivity (Wildman–Crippen MR) is 119 cm³/mol. The third-order valence-electron chi connectivity index (χ3n) is 5.14. The number of ether oxygens (including phenoxy) is 1. The van der Waals surface area contributed by atoms with E-state index in [9.17, 15) is 24.0 Å². The summed E-state index contributed by atoms with van der Waals surface area (Å²) in [4.78, 5) is 61.4. The Morgan fingerprint density at radius 3 is 1.94 bits per heavy atom. The number of fused-ring (bicyclic) bond motifs is 1. The molecule has 3 rings (SSSR count). The molecule has 0 aromatic heterocycles. The normalized spacial score (nSPS) is 25.1. The minimum Gasteiger partial charge on any atom is -0.454 e. The standard InChI is InChI=1S/C20H21Br2N3O6/c1-10(26)23-11-2-4-12(5-3-11)24-17(27)9-31-18(28)8-25-19(29)13-6-15(21)16(22)7-14(13)20(25)30/h2-5,13-16H,6-9H2,1H3,(H,23,26)(H,24,27)/t13-,14-,15-,16+/m1/s1. The average Bonchev–Trinajstić information content (AvgIpc) is 2.92. The van der Waals surface area contributed by atoms with Crippen molar-refractivity contribution in [2.45, 2.75) is 29.4 Å². The number of hydrogen-bond donors (Lipinski definition) is 2. The van der Waals surface area contributed by atoms with Crippen molar-refractivity contribution < 1.29 is 28.7 Å². The van der Waals surface area contributed by atoms with Crippen LogP contribution in [0.3, 0.4) is 0 Å². The molecule has 0 spiro atoms. The molecule has 2 N–H and O–H groups in total. The number of benzene rings is 1. The number of halogens is 2. The van der Waals surface area contributed by atoms with Crippen LogP contribution >= 0.6 is 31.9 Å². The number of alkyl halides is 2. The highest BCUT2D eigenvalue weighted by Gasteiger charge is 2.52. The number of hydrogen-bond acceptors (Lipinski definition) is 6. The lowest BCUT2D eigenvalue weighted by atomic mass is 9.81. The Kier molecular flexibility index (Phi) is 7.47. The predicted octanol–water partition coefficient (Wildman–Crippen LogP) is 2.05. The van der Waals surface area contributed by atoms with Gasteiger partial charge in [-0.05, 0) is 37.1 Å². The molecule has 1 aliphatic carbocycles. The number of imide groups is 1. The van der Waals surface area contributed by atoms with Gasteiger partial charge >= 0.3 is 5.97 Å². The zero-order valence-electron chi connectivity index (χ0n) is 16.6. The molecular weight excluding hydrogens is 538 g/mol. The second-order valence-corrected chi connectivity index (χ2v) is 9.80. The lowest BCUT2D eigenvalue weighted by molar-refractivity contribution is -0.154. The van der Waals surface area contributed by atoms with Gasteiger partial charge in [0.1, 0.15) is 6.54 Å². The van der Waals surface area contributed by atoms with Crippen LogP contribution in [0.1, 0.15) is 19.8 Å². The Hall–Kier alpha value is -2.27. The fraction of sp³-hybridized carbons (Fsp3) is 0.450. The first-order chi connectivity index (χ1) is 14.7. The van der Waals surface area contributed by atoms with Gasteiger partial charge in [-0.25, -0.2) is 0 Å². The van der Waals surface area contributed by atoms with Crippen LogP contribution in [0.25, 0.3) is 0 Å². The van der Waals surface area contributed by atoms with E-state index in [1.54, 1.807) is 24.3 Å². The third kappa shape index (κ3) is 5.70. The van der Waals surface area contributed by atoms with E-state index in [4.69, 9.17) is 4.74 Å². The molecule has 1 aromatic carbocycles. The maximum absolute atomic E-state index is 12.6. The van der Waals surface area contributed by atoms with Gasteiger partial charge in [0.15, 0.2) is 6.61 Å². The van der Waals surface area contributed by atoms with Gasteiger partial charge in [0.2, 0.25) is 17.7 Å². The van der Waals surface area contributed by atoms with Gasteiger partial charge in [-0.15, -0.1) is 0 Å². The average molecular weight is 559 g/mol. The molecule has 1 saturated carbocycles. The van der Waals surface area contributed by atoms with E-state index in [1.807, 2.05) is 0 Å². The Morgan fingerprint density at radius 1 is 0.968 bits per heavy atom. The number of esters is 1. The van der Waals surface area contributed by atoms with Crippen LogP contribution in [0.5, 0.6) is 0 Å². The second kappa shape index (κ2) is 9.90. The molecule has 1 aromatic rings. The molecular formula is C20H21Br2N3O6. The Bertz CT molecular complexity index is 879. The van der Waals surface area contributed by atoms with Crippen LogP contribution < -0.4 is 10.6 Å². The number of anilines is 2. The summed E-state index contributed by atoms with van der Waals surface area (Å²) in [5, 5.41) is 5.16. The number of carbonyl (C=O) groups excluding carboxylic acids is 5. The molecule has 1 heterocycles. The summed E-state index contributed by atoms with van der Waals surface area (Å²) in [6, 6.07) is 6.40. The van der Waals surface area contributed by atoms with E-state index in [-0.39, 0.29) is 27.4 Å². The minimum absolute atomic E-state index is 0.0772. The van der Waals surface area contributed by atoms with E-state index in [0.717, 1.165) is 4.90 Å². The first-order valence-corrected chi connectivity index (χ1v) is 11.5. The van der Waals surface area contributed by atoms with Gasteiger partial charge in [-0.1, -0.05) is 31.9 Å². The van der Waals surface area contributed by atoms with Crippen LogP contribution in [-0.2, 0) is 28.7 Å². The Balaban J connectivity index is 1.47. The van der Waals surface area contributed by atoms with Crippen molar-refractivity contribution in [3.63, 3.8) is 0 Å². The lowest BCUT2D eigenvalue weighted by Crippen LogP contribution is -2.37. The molecule has 0 bridgehead atoms. The highest BCUT2D eigenvalue weighted by atomic mass is 79.9. The van der Waals surface area contributed by atoms with Gasteiger partial charge in [0.25, 0.3) is 5.91 Å². The van der Waals surface area contributed by atoms with Crippen molar-refractivity contribution in [3.8, 4) is 0 Å². The van der Waals surface area contributed by atoms with Crippen molar-refractivity contribution in [1.29, 1.82) is 0 Å². The summed E-state index contributed by atoms with van der Waals surface area (Å²) in [5.41, 5.74) is 1.03. The lowest BCUT2D eigenvalue weighted by Gasteiger charge is -2.29. The summed E-state index contributed by atoms with van der Waals surface area (Å²) in [6.07, 6.45) is 1.03. The van der Waals surface area contributed by atoms with E-state index in [0.29, 0.717) is 24.2 Å². The molecule has 0 unspecified atom stereocenters. The fourth-order valence-electron chi connectivity index (χ4n) is 3.68. The van der Waals surface area contributed by atoms with Crippen LogP contribution in [-0.4, -0.2) is 57.3 Å². The van der Waals surface area contributed by atoms with Crippen molar-refractivity contribution in [3.05, 3.63) is 24.3 Å². The zero-order chi connectivity index (χ0) is 22.7. The Morgan fingerprint density at radius 2 is 1.45 bits per heavy atom. The molecule has 1 saturated heterocycles. The molecule has 4 amide bonds. The van der Waals surface area contributed by atoms with Gasteiger partial charge in [0.05, 0.1) is 11.8 Å². The molecule has 9 nitrogen and oxygen atoms in total. The number of likely N-dealkylation sites (tertiary alicyclic amines) is 1. The number of amides is 4. The summed E-state index contributed by atoms with van der Waals surface area (Å²) in [5.74, 6) is -3.25. The highest BCUT2D eigenvalue weighted by molar-refractivity contribution is 9.12. The first kappa shape index (κ1) is 23.4. The van der Waals surface area contributed by atoms with Crippen molar-refractivity contribution in [1.82, 2.24) is 4.90 Å². The SMILES string of the molecule is CC(=O)Nc1ccc(NC(=O)COC(=O)CN2C(=O)[C@@H]3C[C@@H](Br)[C@@H](Br)C[C@H]3C2=O)cc1. The largest absolute Gasteiger partial charge is 0.454 e. The second-order valence-electron chi connectivity index (χ2n) is 7.45. The van der Waals surface area contributed by atoms with Gasteiger partial charge < -0.3 is 15.4 Å². The highest BCUT2D eigenvalue weighted by Crippen LogP contribution is 2.43. The minimum atomic E-state index is -0.831. The zero-order valence-corrected chi connectivity index (χ0v) is 19.8. The van der Waals surface area contributed by atoms with Crippen LogP contribution in [0, 0.1) is 11.8 Å². The fourth-order valence-corrected chi connectivity index (χ4v) is 4.91. The van der Waals surface area contributed by atoms with E-state index in [1.165, 1.54) is 6.92 Å². The van der Waals surface area contributed by atoms with Gasteiger partial charge in [0, 0.05) is 28.0 Å². The van der Waals surface area contributed by atoms with E-state index in [2.05, 4.69) is 42.5 Å². The molecule has 2 fully saturated rings. The quantitative estimate of drug-likeness (QED) is 0.313. The Labute approximate surface area is 195 Å². The monoisotopic (exact) mass is 557 g/mol. The van der Waals surface area contributed by atoms with Crippen molar-refractivity contribution in [2.75, 3.05) is 23.8 Å². The summed E-state index contributed by atoms with van der Waals surface area (Å²) in [6.45, 7) is 0.323. The third-order valence-corrected chi connectivity index (χ3v) is 7.88. The summed E-state index contributed by atoms with van der Waals surface area (Å²) in [7, 11) is 0. The number of nitrogens with one attached hydrogen (secondary N) is 2. The van der Waals surface area contributed by atoms with Gasteiger partial charge in [-0.3, -0.25) is 28.9 Å². The first-order valence-electron chi connectivity index (χ1n) is 9.62. The van der Waals surface area contributed by atoms with Crippen molar-refractivity contribution in [2.24, 2.45) is 11.8 Å². The van der Waals surface area contributed by atoms with E-state index < -0.39 is 36.9 Å². The molecule has 2 aliphatic rings. The van der Waals surface area contributed by atoms with Crippen molar-refractivity contribution >= 4 is 72.8 Å².